The van der Waals surface area contributed by atoms with E-state index in [1.807, 2.05) is 0 Å². The number of aryl methyl sites for hydroxylation is 1. The van der Waals surface area contributed by atoms with Gasteiger partial charge in [-0.25, -0.2) is 36.5 Å². The number of amides is 1. The van der Waals surface area contributed by atoms with Gasteiger partial charge >= 0.3 is 0 Å². The first-order valence-corrected chi connectivity index (χ1v) is 13.2. The Morgan fingerprint density at radius 1 is 1.21 bits per heavy atom. The number of fused-ring (bicyclic) bond motifs is 1. The summed E-state index contributed by atoms with van der Waals surface area (Å²) in [7, 11) is -1.91. The molecule has 4 N–H and O–H groups in total. The van der Waals surface area contributed by atoms with Crippen LogP contribution in [0.25, 0.3) is 22.4 Å². The van der Waals surface area contributed by atoms with Crippen molar-refractivity contribution in [1.82, 2.24) is 24.5 Å². The number of imidazole rings is 2. The molecule has 0 saturated heterocycles. The summed E-state index contributed by atoms with van der Waals surface area (Å²) in [5.41, 5.74) is 2.05. The second-order valence-electron chi connectivity index (χ2n) is 8.80. The standard InChI is InChI=1S/C23H23F3N8O3S/c1-3-38(36,37)33-15-6-11(17-9-27-10-34(17)2)4-5-14(15)28-16-8-18(30-23(35)12-7-13(12)24)29-21-19(16)31-22(32-21)20(25)26/h4-6,8-10,12-13,20,33H,3,7H2,1-2H3,(H3,28,29,30,31,32,35)/t12-,13-/m0/s1. The number of alkyl halides is 3. The third-order valence-corrected chi connectivity index (χ3v) is 7.32. The van der Waals surface area contributed by atoms with Crippen LogP contribution in [0, 0.1) is 5.92 Å². The number of carbonyl (C=O) groups excluding carboxylic acids is 1. The number of rotatable bonds is 9. The number of carbonyl (C=O) groups is 1. The Morgan fingerprint density at radius 3 is 2.61 bits per heavy atom. The summed E-state index contributed by atoms with van der Waals surface area (Å²) in [5.74, 6) is -2.24. The van der Waals surface area contributed by atoms with Gasteiger partial charge in [0, 0.05) is 18.7 Å². The number of hydrogen-bond donors (Lipinski definition) is 4. The molecule has 0 spiro atoms. The molecule has 0 unspecified atom stereocenters. The summed E-state index contributed by atoms with van der Waals surface area (Å²) < 4.78 is 69.4. The van der Waals surface area contributed by atoms with Crippen LogP contribution in [0.5, 0.6) is 0 Å². The highest BCUT2D eigenvalue weighted by Gasteiger charge is 2.43. The SMILES string of the molecule is CCS(=O)(=O)Nc1cc(-c2cncn2C)ccc1Nc1cc(NC(=O)[C@H]2C[C@@H]2F)nc2nc(C(F)F)[nH]c12. The van der Waals surface area contributed by atoms with E-state index >= 15 is 0 Å². The van der Waals surface area contributed by atoms with E-state index in [4.69, 9.17) is 0 Å². The zero-order valence-electron chi connectivity index (χ0n) is 20.2. The van der Waals surface area contributed by atoms with Gasteiger partial charge in [0.2, 0.25) is 15.9 Å². The molecule has 1 aromatic carbocycles. The second kappa shape index (κ2) is 9.63. The minimum atomic E-state index is -3.70. The first-order valence-electron chi connectivity index (χ1n) is 11.6. The Hall–Kier alpha value is -4.14. The average molecular weight is 549 g/mol. The molecular formula is C23H23F3N8O3S. The van der Waals surface area contributed by atoms with E-state index < -0.39 is 40.3 Å². The van der Waals surface area contributed by atoms with E-state index in [0.717, 1.165) is 5.69 Å². The molecule has 0 radical (unpaired) electrons. The van der Waals surface area contributed by atoms with Crippen molar-refractivity contribution in [2.24, 2.45) is 13.0 Å². The summed E-state index contributed by atoms with van der Waals surface area (Å²) in [5, 5.41) is 5.53. The minimum Gasteiger partial charge on any atom is -0.352 e. The first-order chi connectivity index (χ1) is 18.0. The van der Waals surface area contributed by atoms with E-state index in [1.165, 1.54) is 13.0 Å². The lowest BCUT2D eigenvalue weighted by Crippen LogP contribution is -2.16. The summed E-state index contributed by atoms with van der Waals surface area (Å²) in [6.07, 6.45) is -0.827. The van der Waals surface area contributed by atoms with E-state index in [2.05, 4.69) is 35.3 Å². The van der Waals surface area contributed by atoms with Crippen molar-refractivity contribution in [2.45, 2.75) is 25.9 Å². The Kier molecular flexibility index (Phi) is 6.46. The molecule has 3 heterocycles. The quantitative estimate of drug-likeness (QED) is 0.246. The first kappa shape index (κ1) is 25.5. The number of hydrogen-bond acceptors (Lipinski definition) is 7. The molecule has 1 amide bonds. The lowest BCUT2D eigenvalue weighted by atomic mass is 10.1. The molecule has 3 aromatic heterocycles. The summed E-state index contributed by atoms with van der Waals surface area (Å²) in [6.45, 7) is 1.49. The van der Waals surface area contributed by atoms with Crippen LogP contribution in [0.2, 0.25) is 0 Å². The molecule has 4 aromatic rings. The van der Waals surface area contributed by atoms with Crippen molar-refractivity contribution in [3.8, 4) is 11.3 Å². The van der Waals surface area contributed by atoms with Crippen LogP contribution in [-0.2, 0) is 21.9 Å². The van der Waals surface area contributed by atoms with Gasteiger partial charge in [-0.2, -0.15) is 0 Å². The molecule has 0 aliphatic heterocycles. The number of sulfonamides is 1. The molecule has 5 rings (SSSR count). The maximum absolute atomic E-state index is 13.4. The predicted octanol–water partition coefficient (Wildman–Crippen LogP) is 4.10. The Balaban J connectivity index is 1.58. The molecule has 1 aliphatic rings. The summed E-state index contributed by atoms with van der Waals surface area (Å²) in [4.78, 5) is 26.8. The van der Waals surface area contributed by atoms with Crippen LogP contribution in [-0.4, -0.2) is 50.8 Å². The Bertz CT molecular complexity index is 1640. The molecule has 200 valence electrons. The molecule has 15 heteroatoms. The lowest BCUT2D eigenvalue weighted by molar-refractivity contribution is -0.117. The summed E-state index contributed by atoms with van der Waals surface area (Å²) >= 11 is 0. The van der Waals surface area contributed by atoms with Crippen molar-refractivity contribution < 1.29 is 26.4 Å². The smallest absolute Gasteiger partial charge is 0.295 e. The number of anilines is 4. The molecule has 1 fully saturated rings. The largest absolute Gasteiger partial charge is 0.352 e. The number of nitrogens with zero attached hydrogens (tertiary/aromatic N) is 4. The molecule has 1 saturated carbocycles. The maximum Gasteiger partial charge on any atom is 0.295 e. The van der Waals surface area contributed by atoms with Crippen molar-refractivity contribution >= 4 is 50.0 Å². The number of halogens is 3. The molecule has 0 bridgehead atoms. The number of nitrogens with one attached hydrogen (secondary N) is 4. The molecule has 38 heavy (non-hydrogen) atoms. The minimum absolute atomic E-state index is 0.0291. The maximum atomic E-state index is 13.4. The van der Waals surface area contributed by atoms with E-state index in [0.29, 0.717) is 5.56 Å². The lowest BCUT2D eigenvalue weighted by Gasteiger charge is -2.16. The van der Waals surface area contributed by atoms with Crippen LogP contribution in [0.1, 0.15) is 25.6 Å². The van der Waals surface area contributed by atoms with Crippen LogP contribution >= 0.6 is 0 Å². The van der Waals surface area contributed by atoms with Crippen LogP contribution in [0.3, 0.4) is 0 Å². The topological polar surface area (TPSA) is 147 Å². The highest BCUT2D eigenvalue weighted by molar-refractivity contribution is 7.92. The van der Waals surface area contributed by atoms with Gasteiger partial charge < -0.3 is 20.2 Å². The van der Waals surface area contributed by atoms with E-state index in [9.17, 15) is 26.4 Å². The van der Waals surface area contributed by atoms with Crippen molar-refractivity contribution in [3.63, 3.8) is 0 Å². The van der Waals surface area contributed by atoms with Gasteiger partial charge in [-0.05, 0) is 25.5 Å². The summed E-state index contributed by atoms with van der Waals surface area (Å²) in [6, 6.07) is 6.33. The second-order valence-corrected chi connectivity index (χ2v) is 10.8. The van der Waals surface area contributed by atoms with Gasteiger partial charge in [0.1, 0.15) is 17.5 Å². The Morgan fingerprint density at radius 2 is 1.97 bits per heavy atom. The van der Waals surface area contributed by atoms with E-state index in [1.54, 1.807) is 42.3 Å². The fourth-order valence-electron chi connectivity index (χ4n) is 3.84. The molecule has 11 nitrogen and oxygen atoms in total. The fourth-order valence-corrected chi connectivity index (χ4v) is 4.49. The Labute approximate surface area is 214 Å². The number of benzene rings is 1. The zero-order valence-corrected chi connectivity index (χ0v) is 21.0. The highest BCUT2D eigenvalue weighted by Crippen LogP contribution is 2.37. The van der Waals surface area contributed by atoms with Crippen LogP contribution < -0.4 is 15.4 Å². The van der Waals surface area contributed by atoms with Crippen LogP contribution in [0.15, 0.2) is 36.8 Å². The molecule has 2 atom stereocenters. The van der Waals surface area contributed by atoms with E-state index in [-0.39, 0.29) is 46.2 Å². The number of aromatic nitrogens is 5. The van der Waals surface area contributed by atoms with Gasteiger partial charge in [0.25, 0.3) is 6.43 Å². The molecule has 1 aliphatic carbocycles. The molecular weight excluding hydrogens is 525 g/mol. The van der Waals surface area contributed by atoms with Crippen molar-refractivity contribution in [3.05, 3.63) is 42.6 Å². The van der Waals surface area contributed by atoms with Gasteiger partial charge in [-0.1, -0.05) is 6.07 Å². The number of aromatic amines is 1. The fraction of sp³-hybridized carbons (Fsp3) is 0.304. The number of H-pyrrole nitrogens is 1. The third kappa shape index (κ3) is 5.14. The van der Waals surface area contributed by atoms with Gasteiger partial charge in [-0.15, -0.1) is 0 Å². The predicted molar refractivity (Wildman–Crippen MR) is 135 cm³/mol. The van der Waals surface area contributed by atoms with Crippen molar-refractivity contribution in [2.75, 3.05) is 21.1 Å². The van der Waals surface area contributed by atoms with Gasteiger partial charge in [-0.3, -0.25) is 9.52 Å². The van der Waals surface area contributed by atoms with Gasteiger partial charge in [0.15, 0.2) is 11.5 Å². The van der Waals surface area contributed by atoms with Crippen molar-refractivity contribution in [1.29, 1.82) is 0 Å². The monoisotopic (exact) mass is 548 g/mol. The highest BCUT2D eigenvalue weighted by atomic mass is 32.2. The normalized spacial score (nSPS) is 17.1. The third-order valence-electron chi connectivity index (χ3n) is 6.03. The average Bonchev–Trinajstić information content (AvgIpc) is 3.23. The van der Waals surface area contributed by atoms with Crippen LogP contribution in [0.4, 0.5) is 36.1 Å². The number of pyridine rings is 1. The van der Waals surface area contributed by atoms with Gasteiger partial charge in [0.05, 0.1) is 47.0 Å². The zero-order chi connectivity index (χ0) is 27.2.